The Hall–Kier alpha value is 0. The molecule has 0 aromatic rings. The topological polar surface area (TPSA) is 0 Å². The van der Waals surface area contributed by atoms with Gasteiger partial charge in [0.05, 0.1) is 0 Å². The van der Waals surface area contributed by atoms with Gasteiger partial charge in [-0.25, -0.2) is 0 Å². The summed E-state index contributed by atoms with van der Waals surface area (Å²) in [5.41, 5.74) is 0. The quantitative estimate of drug-likeness (QED) is 0.0820. The molecule has 0 N–H and O–H groups in total. The smallest absolute Gasteiger partial charge is 0.0443 e. The minimum absolute atomic E-state index is 0.955. The van der Waals surface area contributed by atoms with Gasteiger partial charge >= 0.3 is 0 Å². The molecule has 0 radical (unpaired) electrons. The first-order valence-corrected chi connectivity index (χ1v) is 17.7. The van der Waals surface area contributed by atoms with E-state index in [0.717, 1.165) is 11.8 Å². The molecule has 0 aliphatic carbocycles. The first-order valence-electron chi connectivity index (χ1n) is 17.7. The maximum atomic E-state index is 2.51. The fraction of sp³-hybridized carbons (Fsp3) is 1.00. The maximum Gasteiger partial charge on any atom is -0.0443 e. The second-order valence-electron chi connectivity index (χ2n) is 12.9. The van der Waals surface area contributed by atoms with E-state index in [1.54, 1.807) is 0 Å². The summed E-state index contributed by atoms with van der Waals surface area (Å²) >= 11 is 0. The number of rotatable bonds is 31. The van der Waals surface area contributed by atoms with Crippen molar-refractivity contribution in [1.82, 2.24) is 0 Å². The zero-order valence-electron chi connectivity index (χ0n) is 26.4. The minimum Gasteiger partial charge on any atom is -0.0654 e. The summed E-state index contributed by atoms with van der Waals surface area (Å²) in [5.74, 6) is 1.91. The van der Waals surface area contributed by atoms with Crippen LogP contribution in [0.1, 0.15) is 220 Å². The summed E-state index contributed by atoms with van der Waals surface area (Å²) < 4.78 is 0. The van der Waals surface area contributed by atoms with E-state index < -0.39 is 0 Å². The Balaban J connectivity index is 3.25. The van der Waals surface area contributed by atoms with Crippen molar-refractivity contribution in [3.05, 3.63) is 0 Å². The Morgan fingerprint density at radius 3 is 0.694 bits per heavy atom. The van der Waals surface area contributed by atoms with Gasteiger partial charge in [0.1, 0.15) is 0 Å². The highest BCUT2D eigenvalue weighted by Crippen LogP contribution is 2.22. The molecule has 0 heterocycles. The molecule has 0 aliphatic heterocycles. The molecule has 0 aromatic carbocycles. The zero-order chi connectivity index (χ0) is 26.4. The SMILES string of the molecule is CCCCCCCCCCCCCCCCCC(C)CCCC(C)CCCCCCCCCCCC. The zero-order valence-corrected chi connectivity index (χ0v) is 26.4. The highest BCUT2D eigenvalue weighted by atomic mass is 14.1. The molecule has 36 heavy (non-hydrogen) atoms. The predicted molar refractivity (Wildman–Crippen MR) is 168 cm³/mol. The molecule has 218 valence electrons. The lowest BCUT2D eigenvalue weighted by Crippen LogP contribution is -1.99. The molecule has 0 fully saturated rings. The predicted octanol–water partition coefficient (Wildman–Crippen LogP) is 14.0. The molecule has 0 nitrogen and oxygen atoms in total. The van der Waals surface area contributed by atoms with Crippen molar-refractivity contribution in [2.75, 3.05) is 0 Å². The molecule has 0 heteroatoms. The molecule has 0 rings (SSSR count). The average Bonchev–Trinajstić information content (AvgIpc) is 2.87. The third-order valence-electron chi connectivity index (χ3n) is 8.74. The van der Waals surface area contributed by atoms with Crippen LogP contribution in [-0.2, 0) is 0 Å². The number of hydrogen-bond acceptors (Lipinski definition) is 0. The van der Waals surface area contributed by atoms with Gasteiger partial charge in [0.25, 0.3) is 0 Å². The highest BCUT2D eigenvalue weighted by Gasteiger charge is 2.06. The summed E-state index contributed by atoms with van der Waals surface area (Å²) in [5, 5.41) is 0. The third kappa shape index (κ3) is 30.2. The van der Waals surface area contributed by atoms with Crippen molar-refractivity contribution in [3.63, 3.8) is 0 Å². The summed E-state index contributed by atoms with van der Waals surface area (Å²) in [6.07, 6.45) is 44.1. The lowest BCUT2D eigenvalue weighted by Gasteiger charge is -2.14. The normalized spacial score (nSPS) is 13.3. The van der Waals surface area contributed by atoms with Crippen molar-refractivity contribution in [1.29, 1.82) is 0 Å². The highest BCUT2D eigenvalue weighted by molar-refractivity contribution is 4.59. The van der Waals surface area contributed by atoms with Crippen LogP contribution in [0.3, 0.4) is 0 Å². The number of unbranched alkanes of at least 4 members (excludes halogenated alkanes) is 23. The van der Waals surface area contributed by atoms with Crippen molar-refractivity contribution in [3.8, 4) is 0 Å². The van der Waals surface area contributed by atoms with E-state index in [4.69, 9.17) is 0 Å². The van der Waals surface area contributed by atoms with Crippen LogP contribution in [0, 0.1) is 11.8 Å². The van der Waals surface area contributed by atoms with Gasteiger partial charge in [-0.3, -0.25) is 0 Å². The van der Waals surface area contributed by atoms with Crippen LogP contribution in [0.4, 0.5) is 0 Å². The largest absolute Gasteiger partial charge is 0.0654 e. The fourth-order valence-electron chi connectivity index (χ4n) is 5.95. The van der Waals surface area contributed by atoms with Gasteiger partial charge in [-0.2, -0.15) is 0 Å². The van der Waals surface area contributed by atoms with E-state index in [0.29, 0.717) is 0 Å². The Kier molecular flexibility index (Phi) is 31.2. The third-order valence-corrected chi connectivity index (χ3v) is 8.74. The molecule has 0 spiro atoms. The standard InChI is InChI=1S/C36H74/c1-5-7-9-11-13-15-17-18-19-20-21-23-25-27-29-32-36(4)34-30-33-35(3)31-28-26-24-22-16-14-12-10-8-6-2/h35-36H,5-34H2,1-4H3. The van der Waals surface area contributed by atoms with Crippen LogP contribution in [0.25, 0.3) is 0 Å². The van der Waals surface area contributed by atoms with Crippen molar-refractivity contribution in [2.24, 2.45) is 11.8 Å². The molecular formula is C36H74. The van der Waals surface area contributed by atoms with Crippen molar-refractivity contribution < 1.29 is 0 Å². The van der Waals surface area contributed by atoms with Crippen LogP contribution in [0.5, 0.6) is 0 Å². The second-order valence-corrected chi connectivity index (χ2v) is 12.9. The van der Waals surface area contributed by atoms with Crippen LogP contribution >= 0.6 is 0 Å². The van der Waals surface area contributed by atoms with Gasteiger partial charge in [-0.1, -0.05) is 220 Å². The van der Waals surface area contributed by atoms with Crippen LogP contribution in [0.15, 0.2) is 0 Å². The van der Waals surface area contributed by atoms with Gasteiger partial charge < -0.3 is 0 Å². The van der Waals surface area contributed by atoms with E-state index in [9.17, 15) is 0 Å². The fourth-order valence-corrected chi connectivity index (χ4v) is 5.95. The molecule has 2 unspecified atom stereocenters. The second kappa shape index (κ2) is 31.2. The lowest BCUT2D eigenvalue weighted by molar-refractivity contribution is 0.390. The lowest BCUT2D eigenvalue weighted by atomic mass is 9.92. The minimum atomic E-state index is 0.955. The Bertz CT molecular complexity index is 372. The van der Waals surface area contributed by atoms with E-state index in [2.05, 4.69) is 27.7 Å². The molecular weight excluding hydrogens is 432 g/mol. The van der Waals surface area contributed by atoms with Gasteiger partial charge in [0, 0.05) is 0 Å². The first kappa shape index (κ1) is 36.0. The first-order chi connectivity index (χ1) is 17.7. The summed E-state index contributed by atoms with van der Waals surface area (Å²) in [7, 11) is 0. The maximum absolute atomic E-state index is 2.51. The Morgan fingerprint density at radius 1 is 0.250 bits per heavy atom. The van der Waals surface area contributed by atoms with E-state index in [1.165, 1.54) is 193 Å². The molecule has 0 aliphatic rings. The van der Waals surface area contributed by atoms with E-state index in [1.807, 2.05) is 0 Å². The monoisotopic (exact) mass is 507 g/mol. The van der Waals surface area contributed by atoms with Gasteiger partial charge in [-0.15, -0.1) is 0 Å². The Morgan fingerprint density at radius 2 is 0.444 bits per heavy atom. The summed E-state index contributed by atoms with van der Waals surface area (Å²) in [4.78, 5) is 0. The molecule has 0 amide bonds. The van der Waals surface area contributed by atoms with Crippen LogP contribution < -0.4 is 0 Å². The van der Waals surface area contributed by atoms with E-state index >= 15 is 0 Å². The number of hydrogen-bond donors (Lipinski definition) is 0. The van der Waals surface area contributed by atoms with Crippen molar-refractivity contribution >= 4 is 0 Å². The van der Waals surface area contributed by atoms with Gasteiger partial charge in [-0.05, 0) is 11.8 Å². The Labute approximate surface area is 232 Å². The molecule has 0 aromatic heterocycles. The van der Waals surface area contributed by atoms with Crippen LogP contribution in [-0.4, -0.2) is 0 Å². The van der Waals surface area contributed by atoms with Crippen molar-refractivity contribution in [2.45, 2.75) is 220 Å². The molecule has 0 saturated carbocycles. The average molecular weight is 507 g/mol. The molecule has 2 atom stereocenters. The molecule has 0 saturated heterocycles. The summed E-state index contributed by atoms with van der Waals surface area (Å²) in [6, 6.07) is 0. The van der Waals surface area contributed by atoms with Gasteiger partial charge in [0.2, 0.25) is 0 Å². The van der Waals surface area contributed by atoms with Crippen LogP contribution in [0.2, 0.25) is 0 Å². The molecule has 0 bridgehead atoms. The van der Waals surface area contributed by atoms with E-state index in [-0.39, 0.29) is 0 Å². The summed E-state index contributed by atoms with van der Waals surface area (Å²) in [6.45, 7) is 9.64. The van der Waals surface area contributed by atoms with Gasteiger partial charge in [0.15, 0.2) is 0 Å².